The minimum Gasteiger partial charge on any atom is -0.326 e. The van der Waals surface area contributed by atoms with Gasteiger partial charge in [-0.2, -0.15) is 5.10 Å². The van der Waals surface area contributed by atoms with E-state index in [9.17, 15) is 0 Å². The summed E-state index contributed by atoms with van der Waals surface area (Å²) < 4.78 is 1.91. The summed E-state index contributed by atoms with van der Waals surface area (Å²) in [6.07, 6.45) is 2.03. The first kappa shape index (κ1) is 14.5. The molecule has 3 heteroatoms. The van der Waals surface area contributed by atoms with E-state index in [0.29, 0.717) is 6.54 Å². The Morgan fingerprint density at radius 1 is 1.00 bits per heavy atom. The van der Waals surface area contributed by atoms with E-state index < -0.39 is 0 Å². The van der Waals surface area contributed by atoms with E-state index >= 15 is 0 Å². The molecule has 3 aromatic rings. The van der Waals surface area contributed by atoms with E-state index in [1.165, 1.54) is 22.3 Å². The van der Waals surface area contributed by atoms with Gasteiger partial charge in [-0.15, -0.1) is 0 Å². The smallest absolute Gasteiger partial charge is 0.0977 e. The standard InChI is InChI=1S/C19H21N3/c1-13-9-14(2)18(15(3)10-13)19-16(11-20)12-22(21-19)17-7-5-4-6-8-17/h4-10,12H,11,20H2,1-3H3. The van der Waals surface area contributed by atoms with Crippen molar-refractivity contribution >= 4 is 0 Å². The summed E-state index contributed by atoms with van der Waals surface area (Å²) in [5, 5.41) is 4.81. The number of benzene rings is 2. The van der Waals surface area contributed by atoms with Crippen LogP contribution in [0.3, 0.4) is 0 Å². The van der Waals surface area contributed by atoms with Crippen molar-refractivity contribution in [3.05, 3.63) is 70.9 Å². The molecule has 3 rings (SSSR count). The predicted molar refractivity (Wildman–Crippen MR) is 91.1 cm³/mol. The highest BCUT2D eigenvalue weighted by Crippen LogP contribution is 2.30. The van der Waals surface area contributed by atoms with Gasteiger partial charge in [0.25, 0.3) is 0 Å². The number of rotatable bonds is 3. The van der Waals surface area contributed by atoms with E-state index in [1.807, 2.05) is 41.2 Å². The van der Waals surface area contributed by atoms with E-state index in [0.717, 1.165) is 16.9 Å². The second-order valence-electron chi connectivity index (χ2n) is 5.76. The van der Waals surface area contributed by atoms with Crippen LogP contribution in [0.4, 0.5) is 0 Å². The van der Waals surface area contributed by atoms with Crippen molar-refractivity contribution in [2.75, 3.05) is 0 Å². The summed E-state index contributed by atoms with van der Waals surface area (Å²) in [6.45, 7) is 6.87. The fourth-order valence-corrected chi connectivity index (χ4v) is 3.04. The van der Waals surface area contributed by atoms with Crippen molar-refractivity contribution in [2.45, 2.75) is 27.3 Å². The number of para-hydroxylation sites is 1. The Kier molecular flexibility index (Phi) is 3.82. The van der Waals surface area contributed by atoms with Crippen LogP contribution in [-0.2, 0) is 6.54 Å². The van der Waals surface area contributed by atoms with Crippen LogP contribution in [-0.4, -0.2) is 9.78 Å². The lowest BCUT2D eigenvalue weighted by molar-refractivity contribution is 0.882. The van der Waals surface area contributed by atoms with Gasteiger partial charge in [0, 0.05) is 23.9 Å². The number of aromatic nitrogens is 2. The molecule has 0 saturated carbocycles. The first-order valence-corrected chi connectivity index (χ1v) is 7.52. The predicted octanol–water partition coefficient (Wildman–Crippen LogP) is 3.92. The van der Waals surface area contributed by atoms with Crippen molar-refractivity contribution in [2.24, 2.45) is 5.73 Å². The molecule has 0 bridgehead atoms. The van der Waals surface area contributed by atoms with Crippen LogP contribution in [0.15, 0.2) is 48.7 Å². The van der Waals surface area contributed by atoms with Gasteiger partial charge < -0.3 is 5.73 Å². The van der Waals surface area contributed by atoms with Crippen molar-refractivity contribution in [1.82, 2.24) is 9.78 Å². The zero-order valence-electron chi connectivity index (χ0n) is 13.3. The van der Waals surface area contributed by atoms with E-state index in [1.54, 1.807) is 0 Å². The number of hydrogen-bond acceptors (Lipinski definition) is 2. The number of aryl methyl sites for hydroxylation is 3. The molecule has 22 heavy (non-hydrogen) atoms. The molecule has 0 unspecified atom stereocenters. The topological polar surface area (TPSA) is 43.8 Å². The van der Waals surface area contributed by atoms with E-state index in [2.05, 4.69) is 32.9 Å². The third kappa shape index (κ3) is 2.55. The van der Waals surface area contributed by atoms with E-state index in [4.69, 9.17) is 10.8 Å². The molecular formula is C19H21N3. The zero-order chi connectivity index (χ0) is 15.7. The molecule has 0 spiro atoms. The lowest BCUT2D eigenvalue weighted by atomic mass is 9.95. The van der Waals surface area contributed by atoms with Gasteiger partial charge in [0.05, 0.1) is 11.4 Å². The first-order chi connectivity index (χ1) is 10.6. The lowest BCUT2D eigenvalue weighted by Crippen LogP contribution is -1.99. The molecule has 0 aliphatic heterocycles. The van der Waals surface area contributed by atoms with Crippen molar-refractivity contribution in [3.63, 3.8) is 0 Å². The summed E-state index contributed by atoms with van der Waals surface area (Å²) in [6, 6.07) is 14.5. The molecule has 0 saturated heterocycles. The van der Waals surface area contributed by atoms with Crippen molar-refractivity contribution < 1.29 is 0 Å². The molecule has 1 heterocycles. The molecule has 0 amide bonds. The summed E-state index contributed by atoms with van der Waals surface area (Å²) >= 11 is 0. The quantitative estimate of drug-likeness (QED) is 0.794. The zero-order valence-corrected chi connectivity index (χ0v) is 13.3. The van der Waals surface area contributed by atoms with Crippen LogP contribution < -0.4 is 5.73 Å². The highest BCUT2D eigenvalue weighted by atomic mass is 15.3. The summed E-state index contributed by atoms with van der Waals surface area (Å²) in [5.74, 6) is 0. The monoisotopic (exact) mass is 291 g/mol. The van der Waals surface area contributed by atoms with Crippen LogP contribution in [0.25, 0.3) is 16.9 Å². The van der Waals surface area contributed by atoms with Crippen LogP contribution in [0, 0.1) is 20.8 Å². The minimum atomic E-state index is 0.481. The number of nitrogens with two attached hydrogens (primary N) is 1. The van der Waals surface area contributed by atoms with Gasteiger partial charge in [-0.05, 0) is 44.0 Å². The maximum absolute atomic E-state index is 5.96. The van der Waals surface area contributed by atoms with Crippen LogP contribution in [0.5, 0.6) is 0 Å². The highest BCUT2D eigenvalue weighted by molar-refractivity contribution is 5.71. The summed E-state index contributed by atoms with van der Waals surface area (Å²) in [5.41, 5.74) is 14.0. The molecule has 3 nitrogen and oxygen atoms in total. The van der Waals surface area contributed by atoms with Gasteiger partial charge in [0.1, 0.15) is 0 Å². The molecular weight excluding hydrogens is 270 g/mol. The highest BCUT2D eigenvalue weighted by Gasteiger charge is 2.15. The number of hydrogen-bond donors (Lipinski definition) is 1. The van der Waals surface area contributed by atoms with Crippen molar-refractivity contribution in [3.8, 4) is 16.9 Å². The van der Waals surface area contributed by atoms with Gasteiger partial charge in [-0.3, -0.25) is 0 Å². The Morgan fingerprint density at radius 2 is 1.64 bits per heavy atom. The molecule has 0 fully saturated rings. The normalized spacial score (nSPS) is 10.9. The molecule has 2 aromatic carbocycles. The Bertz CT molecular complexity index is 778. The molecule has 0 radical (unpaired) electrons. The summed E-state index contributed by atoms with van der Waals surface area (Å²) in [7, 11) is 0. The summed E-state index contributed by atoms with van der Waals surface area (Å²) in [4.78, 5) is 0. The third-order valence-corrected chi connectivity index (χ3v) is 3.94. The second-order valence-corrected chi connectivity index (χ2v) is 5.76. The molecule has 1 aromatic heterocycles. The lowest BCUT2D eigenvalue weighted by Gasteiger charge is -2.10. The Morgan fingerprint density at radius 3 is 2.23 bits per heavy atom. The maximum Gasteiger partial charge on any atom is 0.0977 e. The first-order valence-electron chi connectivity index (χ1n) is 7.52. The second kappa shape index (κ2) is 5.78. The minimum absolute atomic E-state index is 0.481. The molecule has 0 aliphatic rings. The Hall–Kier alpha value is -2.39. The third-order valence-electron chi connectivity index (χ3n) is 3.94. The molecule has 0 atom stereocenters. The Labute approximate surface area is 131 Å². The van der Waals surface area contributed by atoms with Crippen LogP contribution >= 0.6 is 0 Å². The average Bonchev–Trinajstić information content (AvgIpc) is 2.91. The molecule has 112 valence electrons. The van der Waals surface area contributed by atoms with Gasteiger partial charge in [-0.25, -0.2) is 4.68 Å². The largest absolute Gasteiger partial charge is 0.326 e. The van der Waals surface area contributed by atoms with Gasteiger partial charge >= 0.3 is 0 Å². The van der Waals surface area contributed by atoms with Crippen LogP contribution in [0.1, 0.15) is 22.3 Å². The molecule has 0 aliphatic carbocycles. The van der Waals surface area contributed by atoms with Crippen LogP contribution in [0.2, 0.25) is 0 Å². The fourth-order valence-electron chi connectivity index (χ4n) is 3.04. The maximum atomic E-state index is 5.96. The average molecular weight is 291 g/mol. The van der Waals surface area contributed by atoms with Gasteiger partial charge in [0.2, 0.25) is 0 Å². The van der Waals surface area contributed by atoms with Gasteiger partial charge in [0.15, 0.2) is 0 Å². The molecule has 2 N–H and O–H groups in total. The van der Waals surface area contributed by atoms with E-state index in [-0.39, 0.29) is 0 Å². The van der Waals surface area contributed by atoms with Crippen molar-refractivity contribution in [1.29, 1.82) is 0 Å². The Balaban J connectivity index is 2.18. The fraction of sp³-hybridized carbons (Fsp3) is 0.211. The SMILES string of the molecule is Cc1cc(C)c(-c2nn(-c3ccccc3)cc2CN)c(C)c1. The van der Waals surface area contributed by atoms with Gasteiger partial charge in [-0.1, -0.05) is 35.9 Å². The number of nitrogens with zero attached hydrogens (tertiary/aromatic N) is 2.